The molecule has 0 aliphatic carbocycles. The molecular weight excluding hydrogens is 384 g/mol. The highest BCUT2D eigenvalue weighted by molar-refractivity contribution is 9.10. The van der Waals surface area contributed by atoms with Crippen molar-refractivity contribution in [2.75, 3.05) is 18.4 Å². The van der Waals surface area contributed by atoms with Crippen LogP contribution in [-0.4, -0.2) is 39.6 Å². The van der Waals surface area contributed by atoms with Gasteiger partial charge in [-0.1, -0.05) is 0 Å². The normalized spacial score (nSPS) is 14.4. The molecule has 1 aliphatic heterocycles. The first-order chi connectivity index (χ1) is 12.0. The third-order valence-corrected chi connectivity index (χ3v) is 5.35. The number of hydrogen-bond acceptors (Lipinski definition) is 3. The molecule has 1 aromatic heterocycles. The lowest BCUT2D eigenvalue weighted by atomic mass is 10.1. The second kappa shape index (κ2) is 7.39. The number of nitrogens with zero attached hydrogens (tertiary/aromatic N) is 3. The van der Waals surface area contributed by atoms with Gasteiger partial charge in [-0.05, 0) is 66.4 Å². The van der Waals surface area contributed by atoms with Gasteiger partial charge in [-0.15, -0.1) is 0 Å². The molecule has 0 radical (unpaired) electrons. The number of piperidine rings is 1. The Labute approximate surface area is 155 Å². The van der Waals surface area contributed by atoms with Gasteiger partial charge in [-0.25, -0.2) is 0 Å². The summed E-state index contributed by atoms with van der Waals surface area (Å²) < 4.78 is 2.23. The first-order valence-corrected chi connectivity index (χ1v) is 9.16. The number of amides is 2. The van der Waals surface area contributed by atoms with Gasteiger partial charge in [0.05, 0.1) is 10.2 Å². The van der Waals surface area contributed by atoms with Gasteiger partial charge < -0.3 is 10.2 Å². The number of halogens is 1. The average Bonchev–Trinajstić information content (AvgIpc) is 2.88. The molecule has 1 fully saturated rings. The van der Waals surface area contributed by atoms with Crippen molar-refractivity contribution in [3.8, 4) is 0 Å². The van der Waals surface area contributed by atoms with Gasteiger partial charge in [-0.2, -0.15) is 5.10 Å². The average molecular weight is 405 g/mol. The Morgan fingerprint density at radius 2 is 1.76 bits per heavy atom. The number of benzene rings is 1. The highest BCUT2D eigenvalue weighted by Gasteiger charge is 2.20. The molecule has 1 saturated heterocycles. The van der Waals surface area contributed by atoms with E-state index in [0.717, 1.165) is 31.6 Å². The minimum absolute atomic E-state index is 0.0579. The van der Waals surface area contributed by atoms with Crippen LogP contribution in [0, 0.1) is 6.92 Å². The monoisotopic (exact) mass is 404 g/mol. The summed E-state index contributed by atoms with van der Waals surface area (Å²) >= 11 is 3.40. The standard InChI is InChI=1S/C18H21BrN4O2/c1-12-15(19)16(22(2)21-12)17(24)20-14-8-6-13(7-9-14)18(25)23-10-4-3-5-11-23/h6-9H,3-5,10-11H2,1-2H3,(H,20,24). The second-order valence-corrected chi connectivity index (χ2v) is 7.05. The summed E-state index contributed by atoms with van der Waals surface area (Å²) in [4.78, 5) is 26.8. The lowest BCUT2D eigenvalue weighted by Gasteiger charge is -2.26. The number of rotatable bonds is 3. The molecule has 6 nitrogen and oxygen atoms in total. The molecule has 0 saturated carbocycles. The number of carbonyl (C=O) groups excluding carboxylic acids is 2. The zero-order valence-electron chi connectivity index (χ0n) is 14.4. The predicted octanol–water partition coefficient (Wildman–Crippen LogP) is 3.37. The van der Waals surface area contributed by atoms with Crippen molar-refractivity contribution in [1.29, 1.82) is 0 Å². The molecule has 7 heteroatoms. The molecule has 2 aromatic rings. The Balaban J connectivity index is 1.70. The summed E-state index contributed by atoms with van der Waals surface area (Å²) in [6.45, 7) is 3.48. The zero-order chi connectivity index (χ0) is 18.0. The van der Waals surface area contributed by atoms with Crippen molar-refractivity contribution >= 4 is 33.4 Å². The van der Waals surface area contributed by atoms with Gasteiger partial charge in [-0.3, -0.25) is 14.3 Å². The van der Waals surface area contributed by atoms with Gasteiger partial charge in [0.1, 0.15) is 5.69 Å². The molecule has 0 unspecified atom stereocenters. The highest BCUT2D eigenvalue weighted by Crippen LogP contribution is 2.22. The number of nitrogens with one attached hydrogen (secondary N) is 1. The SMILES string of the molecule is Cc1nn(C)c(C(=O)Nc2ccc(C(=O)N3CCCCC3)cc2)c1Br. The van der Waals surface area contributed by atoms with Gasteiger partial charge >= 0.3 is 0 Å². The quantitative estimate of drug-likeness (QED) is 0.852. The topological polar surface area (TPSA) is 67.2 Å². The molecule has 0 spiro atoms. The number of anilines is 1. The summed E-state index contributed by atoms with van der Waals surface area (Å²) in [6.07, 6.45) is 3.33. The van der Waals surface area contributed by atoms with E-state index in [1.165, 1.54) is 6.42 Å². The number of likely N-dealkylation sites (tertiary alicyclic amines) is 1. The fraction of sp³-hybridized carbons (Fsp3) is 0.389. The number of aryl methyl sites for hydroxylation is 2. The summed E-state index contributed by atoms with van der Waals surface area (Å²) in [5, 5.41) is 7.07. The molecule has 2 amide bonds. The first kappa shape index (κ1) is 17.7. The minimum atomic E-state index is -0.245. The van der Waals surface area contributed by atoms with Crippen molar-refractivity contribution in [3.63, 3.8) is 0 Å². The molecule has 1 aliphatic rings. The van der Waals surface area contributed by atoms with E-state index in [1.807, 2.05) is 11.8 Å². The van der Waals surface area contributed by atoms with Gasteiger partial charge in [0, 0.05) is 31.4 Å². The van der Waals surface area contributed by atoms with E-state index < -0.39 is 0 Å². The smallest absolute Gasteiger partial charge is 0.275 e. The van der Waals surface area contributed by atoms with E-state index in [9.17, 15) is 9.59 Å². The van der Waals surface area contributed by atoms with Crippen LogP contribution in [0.3, 0.4) is 0 Å². The van der Waals surface area contributed by atoms with Gasteiger partial charge in [0.15, 0.2) is 0 Å². The highest BCUT2D eigenvalue weighted by atomic mass is 79.9. The lowest BCUT2D eigenvalue weighted by molar-refractivity contribution is 0.0724. The minimum Gasteiger partial charge on any atom is -0.339 e. The third-order valence-electron chi connectivity index (χ3n) is 4.40. The molecule has 1 aromatic carbocycles. The Morgan fingerprint density at radius 3 is 2.32 bits per heavy atom. The van der Waals surface area contributed by atoms with Crippen molar-refractivity contribution in [1.82, 2.24) is 14.7 Å². The molecule has 2 heterocycles. The van der Waals surface area contributed by atoms with E-state index in [0.29, 0.717) is 21.4 Å². The van der Waals surface area contributed by atoms with Crippen LogP contribution in [0.25, 0.3) is 0 Å². The van der Waals surface area contributed by atoms with Crippen LogP contribution in [0.2, 0.25) is 0 Å². The summed E-state index contributed by atoms with van der Waals surface area (Å²) in [6, 6.07) is 7.03. The molecule has 132 valence electrons. The van der Waals surface area contributed by atoms with Crippen molar-refractivity contribution in [3.05, 3.63) is 45.7 Å². The maximum Gasteiger partial charge on any atom is 0.275 e. The summed E-state index contributed by atoms with van der Waals surface area (Å²) in [5.41, 5.74) is 2.52. The zero-order valence-corrected chi connectivity index (χ0v) is 16.0. The molecule has 1 N–H and O–H groups in total. The van der Waals surface area contributed by atoms with E-state index in [-0.39, 0.29) is 11.8 Å². The Hall–Kier alpha value is -2.15. The first-order valence-electron chi connectivity index (χ1n) is 8.37. The van der Waals surface area contributed by atoms with Crippen molar-refractivity contribution in [2.45, 2.75) is 26.2 Å². The van der Waals surface area contributed by atoms with Gasteiger partial charge in [0.25, 0.3) is 11.8 Å². The maximum absolute atomic E-state index is 12.5. The van der Waals surface area contributed by atoms with Crippen molar-refractivity contribution in [2.24, 2.45) is 7.05 Å². The van der Waals surface area contributed by atoms with Crippen LogP contribution in [-0.2, 0) is 7.05 Å². The summed E-state index contributed by atoms with van der Waals surface area (Å²) in [7, 11) is 1.73. The van der Waals surface area contributed by atoms with E-state index >= 15 is 0 Å². The fourth-order valence-corrected chi connectivity index (χ4v) is 3.56. The largest absolute Gasteiger partial charge is 0.339 e. The summed E-state index contributed by atoms with van der Waals surface area (Å²) in [5.74, 6) is -0.187. The van der Waals surface area contributed by atoms with E-state index in [4.69, 9.17) is 0 Å². The van der Waals surface area contributed by atoms with Crippen LogP contribution in [0.5, 0.6) is 0 Å². The molecule has 3 rings (SSSR count). The number of carbonyl (C=O) groups is 2. The van der Waals surface area contributed by atoms with E-state index in [2.05, 4.69) is 26.3 Å². The maximum atomic E-state index is 12.5. The molecule has 0 bridgehead atoms. The fourth-order valence-electron chi connectivity index (χ4n) is 3.04. The molecular formula is C18H21BrN4O2. The number of hydrogen-bond donors (Lipinski definition) is 1. The second-order valence-electron chi connectivity index (χ2n) is 6.26. The Bertz CT molecular complexity index is 792. The van der Waals surface area contributed by atoms with Gasteiger partial charge in [0.2, 0.25) is 0 Å². The lowest BCUT2D eigenvalue weighted by Crippen LogP contribution is -2.35. The molecule has 0 atom stereocenters. The van der Waals surface area contributed by atoms with Crippen molar-refractivity contribution < 1.29 is 9.59 Å². The number of aromatic nitrogens is 2. The predicted molar refractivity (Wildman–Crippen MR) is 99.8 cm³/mol. The van der Waals surface area contributed by atoms with E-state index in [1.54, 1.807) is 36.0 Å². The van der Waals surface area contributed by atoms with Crippen LogP contribution in [0.15, 0.2) is 28.7 Å². The van der Waals surface area contributed by atoms with Crippen LogP contribution < -0.4 is 5.32 Å². The van der Waals surface area contributed by atoms with Crippen LogP contribution >= 0.6 is 15.9 Å². The Morgan fingerprint density at radius 1 is 1.12 bits per heavy atom. The third kappa shape index (κ3) is 3.76. The Kier molecular flexibility index (Phi) is 5.22. The van der Waals surface area contributed by atoms with Crippen LogP contribution in [0.4, 0.5) is 5.69 Å². The molecule has 25 heavy (non-hydrogen) atoms. The van der Waals surface area contributed by atoms with Crippen LogP contribution in [0.1, 0.15) is 45.8 Å².